The molecule has 2 fully saturated rings. The second kappa shape index (κ2) is 8.96. The molecule has 0 aromatic carbocycles. The second-order valence-corrected chi connectivity index (χ2v) is 6.61. The number of carbonyl (C=O) groups excluding carboxylic acids is 1. The van der Waals surface area contributed by atoms with Gasteiger partial charge in [-0.15, -0.1) is 12.4 Å². The molecule has 21 heavy (non-hydrogen) atoms. The number of nitrogens with zero attached hydrogens (tertiary/aromatic N) is 1. The van der Waals surface area contributed by atoms with Crippen LogP contribution in [0.4, 0.5) is 0 Å². The van der Waals surface area contributed by atoms with Crippen LogP contribution >= 0.6 is 12.4 Å². The molecule has 1 amide bonds. The monoisotopic (exact) mass is 318 g/mol. The summed E-state index contributed by atoms with van der Waals surface area (Å²) in [5, 5.41) is 0. The van der Waals surface area contributed by atoms with Crippen molar-refractivity contribution < 1.29 is 9.53 Å². The number of carbonyl (C=O) groups is 1. The van der Waals surface area contributed by atoms with Gasteiger partial charge in [0.1, 0.15) is 6.10 Å². The van der Waals surface area contributed by atoms with Crippen LogP contribution in [0.15, 0.2) is 0 Å². The van der Waals surface area contributed by atoms with Gasteiger partial charge in [0, 0.05) is 19.1 Å². The molecule has 124 valence electrons. The molecule has 2 rings (SSSR count). The maximum absolute atomic E-state index is 12.6. The number of hydrogen-bond acceptors (Lipinski definition) is 3. The maximum atomic E-state index is 12.6. The van der Waals surface area contributed by atoms with Crippen molar-refractivity contribution in [1.82, 2.24) is 4.90 Å². The Balaban J connectivity index is 0.00000220. The minimum atomic E-state index is -0.268. The predicted molar refractivity (Wildman–Crippen MR) is 87.6 cm³/mol. The summed E-state index contributed by atoms with van der Waals surface area (Å²) in [7, 11) is 0. The molecule has 2 N–H and O–H groups in total. The molecule has 1 saturated heterocycles. The lowest BCUT2D eigenvalue weighted by Gasteiger charge is -2.35. The first-order chi connectivity index (χ1) is 9.60. The van der Waals surface area contributed by atoms with E-state index in [0.29, 0.717) is 6.54 Å². The third-order valence-electron chi connectivity index (χ3n) is 4.66. The molecule has 0 aromatic heterocycles. The summed E-state index contributed by atoms with van der Waals surface area (Å²) in [5.41, 5.74) is 5.97. The van der Waals surface area contributed by atoms with Gasteiger partial charge >= 0.3 is 0 Å². The van der Waals surface area contributed by atoms with Crippen LogP contribution in [0.1, 0.15) is 58.8 Å². The van der Waals surface area contributed by atoms with E-state index in [9.17, 15) is 4.79 Å². The van der Waals surface area contributed by atoms with Crippen molar-refractivity contribution >= 4 is 18.3 Å². The lowest BCUT2D eigenvalue weighted by molar-refractivity contribution is -0.151. The number of amides is 1. The Morgan fingerprint density at radius 2 is 2.10 bits per heavy atom. The van der Waals surface area contributed by atoms with Crippen molar-refractivity contribution in [3.63, 3.8) is 0 Å². The molecular weight excluding hydrogens is 288 g/mol. The normalized spacial score (nSPS) is 31.4. The van der Waals surface area contributed by atoms with Crippen molar-refractivity contribution in [3.8, 4) is 0 Å². The summed E-state index contributed by atoms with van der Waals surface area (Å²) < 4.78 is 6.13. The van der Waals surface area contributed by atoms with Gasteiger partial charge in [-0.1, -0.05) is 26.7 Å². The first kappa shape index (κ1) is 18.7. The number of piperidine rings is 1. The molecule has 0 spiro atoms. The highest BCUT2D eigenvalue weighted by Gasteiger charge is 2.30. The second-order valence-electron chi connectivity index (χ2n) is 6.61. The molecule has 4 nitrogen and oxygen atoms in total. The highest BCUT2D eigenvalue weighted by Crippen LogP contribution is 2.27. The Hall–Kier alpha value is -0.320. The van der Waals surface area contributed by atoms with Crippen LogP contribution in [0.2, 0.25) is 0 Å². The minimum absolute atomic E-state index is 0. The highest BCUT2D eigenvalue weighted by atomic mass is 35.5. The van der Waals surface area contributed by atoms with Crippen LogP contribution in [0.5, 0.6) is 0 Å². The van der Waals surface area contributed by atoms with E-state index >= 15 is 0 Å². The summed E-state index contributed by atoms with van der Waals surface area (Å²) in [4.78, 5) is 14.5. The molecule has 1 heterocycles. The fraction of sp³-hybridized carbons (Fsp3) is 0.938. The SMILES string of the molecule is CCC(OC1CCCC(C)C1)C(=O)N1CCCC(N)C1.Cl. The van der Waals surface area contributed by atoms with Gasteiger partial charge in [-0.25, -0.2) is 0 Å². The van der Waals surface area contributed by atoms with E-state index in [2.05, 4.69) is 6.92 Å². The molecule has 5 heteroatoms. The van der Waals surface area contributed by atoms with Gasteiger partial charge in [0.25, 0.3) is 5.91 Å². The van der Waals surface area contributed by atoms with E-state index in [1.807, 2.05) is 11.8 Å². The van der Waals surface area contributed by atoms with Crippen molar-refractivity contribution in [2.75, 3.05) is 13.1 Å². The molecule has 1 aliphatic carbocycles. The van der Waals surface area contributed by atoms with Crippen LogP contribution in [0.3, 0.4) is 0 Å². The molecule has 1 saturated carbocycles. The van der Waals surface area contributed by atoms with Crippen LogP contribution in [-0.4, -0.2) is 42.1 Å². The zero-order valence-electron chi connectivity index (χ0n) is 13.4. The smallest absolute Gasteiger partial charge is 0.251 e. The third-order valence-corrected chi connectivity index (χ3v) is 4.66. The van der Waals surface area contributed by atoms with Crippen LogP contribution in [0, 0.1) is 5.92 Å². The minimum Gasteiger partial charge on any atom is -0.365 e. The van der Waals surface area contributed by atoms with Crippen molar-refractivity contribution in [2.24, 2.45) is 11.7 Å². The van der Waals surface area contributed by atoms with Gasteiger partial charge in [0.2, 0.25) is 0 Å². The predicted octanol–water partition coefficient (Wildman–Crippen LogP) is 2.73. The number of rotatable bonds is 4. The van der Waals surface area contributed by atoms with Crippen LogP contribution in [0.25, 0.3) is 0 Å². The summed E-state index contributed by atoms with van der Waals surface area (Å²) in [5.74, 6) is 0.880. The summed E-state index contributed by atoms with van der Waals surface area (Å²) in [6.07, 6.45) is 7.54. The fourth-order valence-electron chi connectivity index (χ4n) is 3.48. The highest BCUT2D eigenvalue weighted by molar-refractivity contribution is 5.85. The molecule has 1 aliphatic heterocycles. The van der Waals surface area contributed by atoms with Gasteiger partial charge in [-0.2, -0.15) is 0 Å². The van der Waals surface area contributed by atoms with Gasteiger partial charge in [0.15, 0.2) is 0 Å². The molecule has 4 unspecified atom stereocenters. The topological polar surface area (TPSA) is 55.6 Å². The van der Waals surface area contributed by atoms with E-state index in [1.54, 1.807) is 0 Å². The van der Waals surface area contributed by atoms with E-state index in [1.165, 1.54) is 12.8 Å². The molecular formula is C16H31ClN2O2. The Morgan fingerprint density at radius 3 is 2.71 bits per heavy atom. The van der Waals surface area contributed by atoms with E-state index in [-0.39, 0.29) is 36.6 Å². The molecule has 4 atom stereocenters. The number of nitrogens with two attached hydrogens (primary N) is 1. The van der Waals surface area contributed by atoms with E-state index in [4.69, 9.17) is 10.5 Å². The largest absolute Gasteiger partial charge is 0.365 e. The maximum Gasteiger partial charge on any atom is 0.251 e. The fourth-order valence-corrected chi connectivity index (χ4v) is 3.48. The Labute approximate surface area is 135 Å². The Bertz CT molecular complexity index is 327. The third kappa shape index (κ3) is 5.42. The summed E-state index contributed by atoms with van der Waals surface area (Å²) in [6.45, 7) is 5.86. The zero-order valence-corrected chi connectivity index (χ0v) is 14.2. The molecule has 0 bridgehead atoms. The molecule has 0 radical (unpaired) electrons. The Kier molecular flexibility index (Phi) is 7.99. The molecule has 0 aromatic rings. The average molecular weight is 319 g/mol. The van der Waals surface area contributed by atoms with Gasteiger partial charge in [-0.3, -0.25) is 4.79 Å². The quantitative estimate of drug-likeness (QED) is 0.867. The van der Waals surface area contributed by atoms with Gasteiger partial charge in [-0.05, 0) is 38.0 Å². The number of ether oxygens (including phenoxy) is 1. The summed E-state index contributed by atoms with van der Waals surface area (Å²) in [6, 6.07) is 0.139. The summed E-state index contributed by atoms with van der Waals surface area (Å²) >= 11 is 0. The number of hydrogen-bond donors (Lipinski definition) is 1. The van der Waals surface area contributed by atoms with E-state index < -0.39 is 0 Å². The van der Waals surface area contributed by atoms with Crippen LogP contribution in [-0.2, 0) is 9.53 Å². The molecule has 2 aliphatic rings. The standard InChI is InChI=1S/C16H30N2O2.ClH/c1-3-15(20-14-8-4-6-12(2)10-14)16(19)18-9-5-7-13(17)11-18;/h12-15H,3-11,17H2,1-2H3;1H. The zero-order chi connectivity index (χ0) is 14.5. The number of likely N-dealkylation sites (tertiary alicyclic amines) is 1. The Morgan fingerprint density at radius 1 is 1.33 bits per heavy atom. The number of halogens is 1. The van der Waals surface area contributed by atoms with E-state index in [0.717, 1.165) is 44.6 Å². The average Bonchev–Trinajstić information content (AvgIpc) is 2.44. The van der Waals surface area contributed by atoms with Crippen molar-refractivity contribution in [3.05, 3.63) is 0 Å². The van der Waals surface area contributed by atoms with Crippen LogP contribution < -0.4 is 5.73 Å². The van der Waals surface area contributed by atoms with Gasteiger partial charge in [0.05, 0.1) is 6.10 Å². The first-order valence-corrected chi connectivity index (χ1v) is 8.30. The van der Waals surface area contributed by atoms with Crippen molar-refractivity contribution in [2.45, 2.75) is 77.0 Å². The lowest BCUT2D eigenvalue weighted by atomic mass is 9.88. The lowest BCUT2D eigenvalue weighted by Crippen LogP contribution is -2.50. The first-order valence-electron chi connectivity index (χ1n) is 8.30. The van der Waals surface area contributed by atoms with Crippen molar-refractivity contribution in [1.29, 1.82) is 0 Å². The van der Waals surface area contributed by atoms with Gasteiger partial charge < -0.3 is 15.4 Å².